The lowest BCUT2D eigenvalue weighted by atomic mass is 9.83. The number of carboxylic acid groups (broad SMARTS) is 1. The van der Waals surface area contributed by atoms with Crippen molar-refractivity contribution in [1.29, 1.82) is 0 Å². The number of nitrogens with two attached hydrogens (primary N) is 1. The monoisotopic (exact) mass is 797 g/mol. The Hall–Kier alpha value is -3.93. The zero-order chi connectivity index (χ0) is 41.0. The van der Waals surface area contributed by atoms with Crippen molar-refractivity contribution < 1.29 is 74.1 Å². The number of aliphatic imine (C=N–C) groups is 1. The van der Waals surface area contributed by atoms with E-state index in [2.05, 4.69) is 22.2 Å². The van der Waals surface area contributed by atoms with Crippen LogP contribution in [0.1, 0.15) is 32.1 Å². The maximum Gasteiger partial charge on any atom is 0.339 e. The van der Waals surface area contributed by atoms with E-state index in [1.807, 2.05) is 0 Å². The van der Waals surface area contributed by atoms with Gasteiger partial charge >= 0.3 is 11.9 Å². The summed E-state index contributed by atoms with van der Waals surface area (Å²) in [5, 5.41) is 86.8. The molecule has 1 saturated heterocycles. The molecule has 12 N–H and O–H groups in total. The van der Waals surface area contributed by atoms with E-state index in [9.17, 15) is 45.3 Å². The minimum atomic E-state index is -3.07. The number of rotatable bonds is 19. The lowest BCUT2D eigenvalue weighted by Gasteiger charge is -2.48. The molecule has 20 nitrogen and oxygen atoms in total. The van der Waals surface area contributed by atoms with Crippen LogP contribution in [-0.4, -0.2) is 166 Å². The topological polar surface area (TPSA) is 308 Å². The highest BCUT2D eigenvalue weighted by atomic mass is 16.8. The largest absolute Gasteiger partial charge is 0.478 e. The normalized spacial score (nSPS) is 29.1. The molecular formula is C36H55N5O15. The summed E-state index contributed by atoms with van der Waals surface area (Å²) in [6.07, 6.45) is 0.304. The quantitative estimate of drug-likeness (QED) is 0.0157. The molecule has 0 aromatic heterocycles. The van der Waals surface area contributed by atoms with Crippen LogP contribution in [0.4, 0.5) is 0 Å². The first kappa shape index (κ1) is 44.8. The van der Waals surface area contributed by atoms with Crippen molar-refractivity contribution in [2.24, 2.45) is 22.6 Å². The third-order valence-electron chi connectivity index (χ3n) is 9.76. The van der Waals surface area contributed by atoms with Gasteiger partial charge in [0.15, 0.2) is 18.4 Å². The van der Waals surface area contributed by atoms with Gasteiger partial charge in [0, 0.05) is 38.4 Å². The van der Waals surface area contributed by atoms with Crippen LogP contribution >= 0.6 is 0 Å². The fourth-order valence-corrected chi connectivity index (χ4v) is 6.73. The number of hydrogen-bond acceptors (Lipinski definition) is 17. The molecule has 4 rings (SSSR count). The van der Waals surface area contributed by atoms with E-state index in [1.165, 1.54) is 19.3 Å². The van der Waals surface area contributed by atoms with Crippen LogP contribution in [0.2, 0.25) is 0 Å². The number of allylic oxidation sites excluding steroid dienone is 1. The Morgan fingerprint density at radius 2 is 1.91 bits per heavy atom. The van der Waals surface area contributed by atoms with Crippen molar-refractivity contribution in [3.8, 4) is 0 Å². The number of guanidine groups is 1. The molecule has 1 saturated carbocycles. The van der Waals surface area contributed by atoms with Crippen molar-refractivity contribution in [2.45, 2.75) is 81.1 Å². The third-order valence-corrected chi connectivity index (χ3v) is 9.76. The molecule has 3 aliphatic heterocycles. The molecule has 0 aromatic carbocycles. The summed E-state index contributed by atoms with van der Waals surface area (Å²) in [6.45, 7) is 2.36. The number of aliphatic carboxylic acids is 1. The van der Waals surface area contributed by atoms with Crippen LogP contribution in [0.25, 0.3) is 0 Å². The average Bonchev–Trinajstić information content (AvgIpc) is 3.69. The molecule has 0 spiro atoms. The molecule has 0 bridgehead atoms. The molecule has 3 heterocycles. The van der Waals surface area contributed by atoms with Gasteiger partial charge in [0.25, 0.3) is 0 Å². The number of ether oxygens (including phenoxy) is 5. The molecule has 0 amide bonds. The number of likely N-dealkylation sites (N-methyl/N-ethyl adjacent to an activating group) is 1. The fourth-order valence-electron chi connectivity index (χ4n) is 6.73. The Morgan fingerprint density at radius 3 is 2.52 bits per heavy atom. The molecule has 314 valence electrons. The van der Waals surface area contributed by atoms with Crippen molar-refractivity contribution >= 4 is 17.9 Å². The Labute approximate surface area is 323 Å². The van der Waals surface area contributed by atoms with Gasteiger partial charge in [0.05, 0.1) is 48.8 Å². The van der Waals surface area contributed by atoms with E-state index in [4.69, 9.17) is 34.5 Å². The molecule has 20 heteroatoms. The number of esters is 1. The molecule has 0 radical (unpaired) electrons. The summed E-state index contributed by atoms with van der Waals surface area (Å²) in [6, 6.07) is 0. The van der Waals surface area contributed by atoms with Gasteiger partial charge in [0.1, 0.15) is 24.5 Å². The molecule has 56 heavy (non-hydrogen) atoms. The highest BCUT2D eigenvalue weighted by Gasteiger charge is 2.58. The molecule has 2 fully saturated rings. The Kier molecular flexibility index (Phi) is 16.8. The molecule has 0 unspecified atom stereocenters. The van der Waals surface area contributed by atoms with Gasteiger partial charge in [-0.1, -0.05) is 18.2 Å². The number of aliphatic hydroxyl groups is 7. The van der Waals surface area contributed by atoms with E-state index >= 15 is 0 Å². The molecule has 4 aliphatic rings. The van der Waals surface area contributed by atoms with Crippen LogP contribution < -0.4 is 16.4 Å². The summed E-state index contributed by atoms with van der Waals surface area (Å²) < 4.78 is 29.3. The van der Waals surface area contributed by atoms with E-state index in [0.717, 1.165) is 19.1 Å². The SMILES string of the molecule is C=C[C@H]1[C@H](O[C@@H]2O[C@H](CO)[C@@H](O)C(O)(O)[C@H]2O[C@H](CO)NC)OC=C(C(=O)OC2CCCC2)[C@H]1/C=C/C1=C(NC(N)=NCCCO)C(C(=O)O)=CN(CCO)C1. The van der Waals surface area contributed by atoms with Crippen molar-refractivity contribution in [2.75, 3.05) is 53.1 Å². The van der Waals surface area contributed by atoms with Crippen molar-refractivity contribution in [3.05, 3.63) is 59.7 Å². The smallest absolute Gasteiger partial charge is 0.339 e. The second-order valence-electron chi connectivity index (χ2n) is 13.6. The molecule has 1 aliphatic carbocycles. The first-order valence-corrected chi connectivity index (χ1v) is 18.4. The lowest BCUT2D eigenvalue weighted by molar-refractivity contribution is -0.416. The highest BCUT2D eigenvalue weighted by Crippen LogP contribution is 2.39. The van der Waals surface area contributed by atoms with E-state index in [-0.39, 0.29) is 61.8 Å². The number of aliphatic hydroxyl groups excluding tert-OH is 5. The van der Waals surface area contributed by atoms with Gasteiger partial charge < -0.3 is 80.5 Å². The minimum Gasteiger partial charge on any atom is -0.478 e. The number of nitrogens with one attached hydrogen (secondary N) is 2. The summed E-state index contributed by atoms with van der Waals surface area (Å²) in [7, 11) is 1.43. The first-order chi connectivity index (χ1) is 26.8. The summed E-state index contributed by atoms with van der Waals surface area (Å²) in [4.78, 5) is 32.0. The van der Waals surface area contributed by atoms with E-state index < -0.39 is 79.9 Å². The van der Waals surface area contributed by atoms with Crippen LogP contribution in [0.3, 0.4) is 0 Å². The lowest BCUT2D eigenvalue weighted by Crippen LogP contribution is -2.69. The van der Waals surface area contributed by atoms with Crippen LogP contribution in [-0.2, 0) is 33.3 Å². The van der Waals surface area contributed by atoms with Crippen LogP contribution in [0, 0.1) is 11.8 Å². The summed E-state index contributed by atoms with van der Waals surface area (Å²) in [5.74, 6) is -7.11. The van der Waals surface area contributed by atoms with E-state index in [0.29, 0.717) is 24.8 Å². The number of nitrogens with zero attached hydrogens (tertiary/aromatic N) is 2. The van der Waals surface area contributed by atoms with Gasteiger partial charge in [-0.05, 0) is 44.7 Å². The zero-order valence-electron chi connectivity index (χ0n) is 31.2. The average molecular weight is 798 g/mol. The number of carboxylic acids is 1. The van der Waals surface area contributed by atoms with Crippen molar-refractivity contribution in [3.63, 3.8) is 0 Å². The van der Waals surface area contributed by atoms with Gasteiger partial charge in [-0.3, -0.25) is 10.3 Å². The van der Waals surface area contributed by atoms with Crippen molar-refractivity contribution in [1.82, 2.24) is 15.5 Å². The van der Waals surface area contributed by atoms with Crippen LogP contribution in [0.5, 0.6) is 0 Å². The van der Waals surface area contributed by atoms with Gasteiger partial charge in [-0.15, -0.1) is 6.58 Å². The van der Waals surface area contributed by atoms with E-state index in [1.54, 1.807) is 17.1 Å². The second kappa shape index (κ2) is 21.0. The Balaban J connectivity index is 1.77. The standard InChI is InChI=1S/C36H55N5O15/c1-3-22-23(10-9-20-15-41(12-14-43)16-24(31(47)48)28(20)40-35(37)39-11-6-13-42)25(32(49)53-21-7-4-5-8-21)19-52-33(22)56-34-30(55-27(18-45)38-2)36(50,51)29(46)26(17-44)54-34/h3,9-10,16,19,21-23,26-27,29-30,33-34,38,42-46,50-51H,1,4-8,11-15,17-18H2,2H3,(H,47,48)(H3,37,39,40)/b10-9+/t22-,23+,26-,27-,29-,30+,33+,34+/m1/s1. The van der Waals surface area contributed by atoms with Gasteiger partial charge in [-0.2, -0.15) is 0 Å². The third kappa shape index (κ3) is 10.9. The maximum atomic E-state index is 13.8. The second-order valence-corrected chi connectivity index (χ2v) is 13.6. The number of β-amino-alcohol motifs (C(OH)–C–C–N with tert-alkyl or cyclic N) is 1. The zero-order valence-corrected chi connectivity index (χ0v) is 31.2. The predicted molar refractivity (Wildman–Crippen MR) is 195 cm³/mol. The van der Waals surface area contributed by atoms with Gasteiger partial charge in [-0.25, -0.2) is 9.59 Å². The summed E-state index contributed by atoms with van der Waals surface area (Å²) >= 11 is 0. The van der Waals surface area contributed by atoms with Crippen LogP contribution in [0.15, 0.2) is 64.7 Å². The maximum absolute atomic E-state index is 13.8. The van der Waals surface area contributed by atoms with Gasteiger partial charge in [0.2, 0.25) is 12.1 Å². The minimum absolute atomic E-state index is 0.0466. The fraction of sp³-hybridized carbons (Fsp3) is 0.639. The number of carbonyl (C=O) groups is 2. The molecule has 8 atom stereocenters. The highest BCUT2D eigenvalue weighted by molar-refractivity contribution is 5.95. The number of carbonyl (C=O) groups excluding carboxylic acids is 1. The Morgan fingerprint density at radius 1 is 1.18 bits per heavy atom. The molecule has 0 aromatic rings. The summed E-state index contributed by atoms with van der Waals surface area (Å²) in [5.41, 5.74) is 6.39. The number of hydrogen-bond donors (Lipinski definition) is 11. The Bertz CT molecular complexity index is 1510. The first-order valence-electron chi connectivity index (χ1n) is 18.4. The predicted octanol–water partition coefficient (Wildman–Crippen LogP) is -2.80. The molecular weight excluding hydrogens is 742 g/mol.